The number of carbonyl (C=O) groups excluding carboxylic acids is 2. The summed E-state index contributed by atoms with van der Waals surface area (Å²) in [4.78, 5) is 28.1. The number of fused-ring (bicyclic) bond motifs is 3. The van der Waals surface area contributed by atoms with Gasteiger partial charge in [-0.15, -0.1) is 0 Å². The van der Waals surface area contributed by atoms with Crippen LogP contribution >= 0.6 is 11.6 Å². The van der Waals surface area contributed by atoms with Gasteiger partial charge in [0.2, 0.25) is 0 Å². The van der Waals surface area contributed by atoms with Gasteiger partial charge >= 0.3 is 5.97 Å². The van der Waals surface area contributed by atoms with E-state index < -0.39 is 5.97 Å². The molecule has 0 fully saturated rings. The molecule has 0 saturated carbocycles. The number of aromatic nitrogens is 2. The van der Waals surface area contributed by atoms with Gasteiger partial charge in [0, 0.05) is 11.9 Å². The lowest BCUT2D eigenvalue weighted by molar-refractivity contribution is 0.0519. The summed E-state index contributed by atoms with van der Waals surface area (Å²) >= 11 is 6.29. The van der Waals surface area contributed by atoms with Gasteiger partial charge in [0.1, 0.15) is 11.3 Å². The highest BCUT2D eigenvalue weighted by molar-refractivity contribution is 6.38. The molecular weight excluding hydrogens is 294 g/mol. The Morgan fingerprint density at radius 3 is 3.05 bits per heavy atom. The van der Waals surface area contributed by atoms with E-state index >= 15 is 0 Å². The quantitative estimate of drug-likeness (QED) is 0.863. The van der Waals surface area contributed by atoms with Crippen LogP contribution in [0.3, 0.4) is 0 Å². The van der Waals surface area contributed by atoms with Crippen molar-refractivity contribution < 1.29 is 14.3 Å². The first-order valence-corrected chi connectivity index (χ1v) is 7.08. The molecule has 1 aliphatic rings. The van der Waals surface area contributed by atoms with Crippen molar-refractivity contribution in [1.29, 1.82) is 0 Å². The van der Waals surface area contributed by atoms with Crippen molar-refractivity contribution in [3.63, 3.8) is 0 Å². The fourth-order valence-electron chi connectivity index (χ4n) is 2.51. The van der Waals surface area contributed by atoms with Crippen LogP contribution in [0.5, 0.6) is 0 Å². The van der Waals surface area contributed by atoms with Gasteiger partial charge in [-0.3, -0.25) is 4.79 Å². The Hall–Kier alpha value is -2.08. The molecule has 1 N–H and O–H groups in total. The molecule has 1 atom stereocenters. The topological polar surface area (TPSA) is 73.2 Å². The molecule has 21 heavy (non-hydrogen) atoms. The monoisotopic (exact) mass is 307 g/mol. The number of ether oxygens (including phenoxy) is 1. The van der Waals surface area contributed by atoms with Gasteiger partial charge in [0.25, 0.3) is 5.91 Å². The van der Waals surface area contributed by atoms with Gasteiger partial charge < -0.3 is 14.6 Å². The van der Waals surface area contributed by atoms with Gasteiger partial charge in [-0.2, -0.15) is 0 Å². The minimum atomic E-state index is -0.487. The maximum Gasteiger partial charge on any atom is 0.356 e. The molecule has 2 aromatic heterocycles. The Bertz CT molecular complexity index is 753. The number of nitrogens with zero attached hydrogens (tertiary/aromatic N) is 2. The second-order valence-corrected chi connectivity index (χ2v) is 5.26. The highest BCUT2D eigenvalue weighted by Gasteiger charge is 2.29. The smallest absolute Gasteiger partial charge is 0.356 e. The number of halogens is 1. The van der Waals surface area contributed by atoms with Crippen LogP contribution in [0, 0.1) is 0 Å². The second-order valence-electron chi connectivity index (χ2n) is 4.88. The van der Waals surface area contributed by atoms with Crippen molar-refractivity contribution in [2.24, 2.45) is 0 Å². The van der Waals surface area contributed by atoms with E-state index in [1.165, 1.54) is 0 Å². The summed E-state index contributed by atoms with van der Waals surface area (Å²) in [6.45, 7) is 4.47. The average molecular weight is 308 g/mol. The van der Waals surface area contributed by atoms with Crippen molar-refractivity contribution in [3.8, 4) is 0 Å². The Morgan fingerprint density at radius 2 is 2.33 bits per heavy atom. The molecule has 0 unspecified atom stereocenters. The minimum absolute atomic E-state index is 0.0117. The number of rotatable bonds is 2. The molecule has 0 saturated heterocycles. The molecule has 0 aliphatic carbocycles. The summed E-state index contributed by atoms with van der Waals surface area (Å²) in [7, 11) is 0. The third-order valence-electron chi connectivity index (χ3n) is 3.49. The third kappa shape index (κ3) is 2.06. The molecule has 0 aromatic carbocycles. The summed E-state index contributed by atoms with van der Waals surface area (Å²) in [6, 6.07) is 3.26. The molecule has 0 radical (unpaired) electrons. The van der Waals surface area contributed by atoms with Crippen LogP contribution in [0.15, 0.2) is 12.1 Å². The Kier molecular flexibility index (Phi) is 3.33. The van der Waals surface area contributed by atoms with Crippen molar-refractivity contribution in [1.82, 2.24) is 14.9 Å². The fourth-order valence-corrected chi connectivity index (χ4v) is 2.84. The van der Waals surface area contributed by atoms with Gasteiger partial charge in [-0.05, 0) is 26.0 Å². The predicted molar refractivity (Wildman–Crippen MR) is 77.7 cm³/mol. The zero-order valence-electron chi connectivity index (χ0n) is 11.6. The van der Waals surface area contributed by atoms with Crippen molar-refractivity contribution >= 4 is 34.5 Å². The van der Waals surface area contributed by atoms with Crippen LogP contribution in [-0.4, -0.2) is 34.6 Å². The van der Waals surface area contributed by atoms with Crippen LogP contribution < -0.4 is 5.32 Å². The molecule has 0 spiro atoms. The van der Waals surface area contributed by atoms with Gasteiger partial charge in [-0.1, -0.05) is 11.6 Å². The molecule has 1 aliphatic heterocycles. The molecule has 110 valence electrons. The number of hydrogen-bond donors (Lipinski definition) is 1. The summed E-state index contributed by atoms with van der Waals surface area (Å²) in [5.41, 5.74) is 1.13. The lowest BCUT2D eigenvalue weighted by Gasteiger charge is -2.23. The number of amides is 1. The first-order valence-electron chi connectivity index (χ1n) is 6.70. The summed E-state index contributed by atoms with van der Waals surface area (Å²) in [5.74, 6) is -0.715. The first kappa shape index (κ1) is 13.9. The van der Waals surface area contributed by atoms with E-state index in [0.29, 0.717) is 28.3 Å². The first-order chi connectivity index (χ1) is 10.0. The van der Waals surface area contributed by atoms with Crippen LogP contribution in [0.1, 0.15) is 40.9 Å². The van der Waals surface area contributed by atoms with Gasteiger partial charge in [-0.25, -0.2) is 9.78 Å². The lowest BCUT2D eigenvalue weighted by atomic mass is 10.2. The van der Waals surface area contributed by atoms with Crippen molar-refractivity contribution in [3.05, 3.63) is 28.5 Å². The second kappa shape index (κ2) is 5.04. The molecule has 3 rings (SSSR count). The van der Waals surface area contributed by atoms with Crippen LogP contribution in [0.2, 0.25) is 5.02 Å². The normalized spacial score (nSPS) is 17.5. The van der Waals surface area contributed by atoms with Crippen LogP contribution in [0.4, 0.5) is 0 Å². The molecule has 2 aromatic rings. The van der Waals surface area contributed by atoms with Crippen molar-refractivity contribution in [2.75, 3.05) is 13.2 Å². The number of nitrogens with one attached hydrogen (secondary N) is 1. The van der Waals surface area contributed by atoms with Crippen LogP contribution in [0.25, 0.3) is 11.0 Å². The van der Waals surface area contributed by atoms with E-state index in [0.717, 1.165) is 0 Å². The summed E-state index contributed by atoms with van der Waals surface area (Å²) in [6.07, 6.45) is 0. The summed E-state index contributed by atoms with van der Waals surface area (Å²) in [5, 5.41) is 3.80. The highest BCUT2D eigenvalue weighted by Crippen LogP contribution is 2.34. The number of carbonyl (C=O) groups is 2. The largest absolute Gasteiger partial charge is 0.461 e. The molecular formula is C14H14ClN3O3. The molecule has 7 heteroatoms. The van der Waals surface area contributed by atoms with E-state index in [1.807, 2.05) is 6.92 Å². The number of hydrogen-bond acceptors (Lipinski definition) is 4. The average Bonchev–Trinajstić information content (AvgIpc) is 2.77. The predicted octanol–water partition coefficient (Wildman–Crippen LogP) is 2.17. The van der Waals surface area contributed by atoms with E-state index in [-0.39, 0.29) is 24.2 Å². The molecule has 0 bridgehead atoms. The van der Waals surface area contributed by atoms with E-state index in [4.69, 9.17) is 16.3 Å². The zero-order chi connectivity index (χ0) is 15.1. The highest BCUT2D eigenvalue weighted by atomic mass is 35.5. The number of pyridine rings is 1. The number of esters is 1. The zero-order valence-corrected chi connectivity index (χ0v) is 12.4. The maximum atomic E-state index is 12.0. The van der Waals surface area contributed by atoms with Gasteiger partial charge in [0.05, 0.1) is 17.7 Å². The Labute approximate surface area is 126 Å². The maximum absolute atomic E-state index is 12.0. The van der Waals surface area contributed by atoms with Crippen LogP contribution in [-0.2, 0) is 4.74 Å². The SMILES string of the molecule is CCOC(=O)c1ccc2c(Cl)c3n(c2n1)[C@H](C)CNC3=O. The lowest BCUT2D eigenvalue weighted by Crippen LogP contribution is -2.37. The standard InChI is InChI=1S/C14H14ClN3O3/c1-3-21-14(20)9-5-4-8-10(15)11-13(19)16-6-7(2)18(11)12(8)17-9/h4-5,7H,3,6H2,1-2H3,(H,16,19)/t7-/m1/s1. The molecule has 6 nitrogen and oxygen atoms in total. The third-order valence-corrected chi connectivity index (χ3v) is 3.87. The van der Waals surface area contributed by atoms with E-state index in [9.17, 15) is 9.59 Å². The Balaban J connectivity index is 2.24. The minimum Gasteiger partial charge on any atom is -0.461 e. The van der Waals surface area contributed by atoms with Gasteiger partial charge in [0.15, 0.2) is 5.69 Å². The molecule has 1 amide bonds. The molecule has 3 heterocycles. The summed E-state index contributed by atoms with van der Waals surface area (Å²) < 4.78 is 6.73. The van der Waals surface area contributed by atoms with E-state index in [2.05, 4.69) is 10.3 Å². The van der Waals surface area contributed by atoms with E-state index in [1.54, 1.807) is 23.6 Å². The fraction of sp³-hybridized carbons (Fsp3) is 0.357. The Morgan fingerprint density at radius 1 is 1.57 bits per heavy atom. The van der Waals surface area contributed by atoms with Crippen molar-refractivity contribution in [2.45, 2.75) is 19.9 Å².